The molecule has 0 unspecified atom stereocenters. The summed E-state index contributed by atoms with van der Waals surface area (Å²) in [5.74, 6) is 0. The average molecular weight is 338 g/mol. The minimum Gasteiger partial charge on any atom is -0.329 e. The van der Waals surface area contributed by atoms with E-state index in [2.05, 4.69) is 4.72 Å². The lowest BCUT2D eigenvalue weighted by atomic mass is 9.95. The first-order valence-corrected chi connectivity index (χ1v) is 7.77. The first-order chi connectivity index (χ1) is 9.30. The van der Waals surface area contributed by atoms with Crippen molar-refractivity contribution < 1.29 is 13.3 Å². The summed E-state index contributed by atoms with van der Waals surface area (Å²) < 4.78 is 27.2. The van der Waals surface area contributed by atoms with Crippen LogP contribution >= 0.6 is 12.4 Å². The summed E-state index contributed by atoms with van der Waals surface area (Å²) in [6.07, 6.45) is 1.07. The molecule has 0 spiro atoms. The molecular weight excluding hydrogens is 318 g/mol. The second-order valence-corrected chi connectivity index (χ2v) is 6.23. The van der Waals surface area contributed by atoms with Gasteiger partial charge in [0.15, 0.2) is 0 Å². The van der Waals surface area contributed by atoms with Crippen LogP contribution in [-0.4, -0.2) is 25.4 Å². The van der Waals surface area contributed by atoms with Crippen molar-refractivity contribution >= 4 is 28.1 Å². The highest BCUT2D eigenvalue weighted by atomic mass is 35.5. The maximum Gasteiger partial charge on any atom is 0.270 e. The van der Waals surface area contributed by atoms with Gasteiger partial charge in [-0.2, -0.15) is 0 Å². The SMILES string of the molecule is CCC(CC)(CN)NS(=O)(=O)c1cccc([N+](=O)[O-])c1.Cl. The van der Waals surface area contributed by atoms with Crippen LogP contribution < -0.4 is 10.5 Å². The van der Waals surface area contributed by atoms with Crippen LogP contribution in [-0.2, 0) is 10.0 Å². The maximum atomic E-state index is 12.3. The van der Waals surface area contributed by atoms with Crippen molar-refractivity contribution in [3.05, 3.63) is 34.4 Å². The fraction of sp³-hybridized carbons (Fsp3) is 0.500. The van der Waals surface area contributed by atoms with Gasteiger partial charge in [-0.05, 0) is 18.9 Å². The third-order valence-corrected chi connectivity index (χ3v) is 5.01. The Morgan fingerprint density at radius 2 is 1.90 bits per heavy atom. The topological polar surface area (TPSA) is 115 Å². The molecule has 0 aliphatic rings. The summed E-state index contributed by atoms with van der Waals surface area (Å²) >= 11 is 0. The lowest BCUT2D eigenvalue weighted by Crippen LogP contribution is -2.52. The molecule has 0 aliphatic carbocycles. The molecule has 0 amide bonds. The molecular formula is C12H20ClN3O4S. The normalized spacial score (nSPS) is 11.8. The molecule has 21 heavy (non-hydrogen) atoms. The van der Waals surface area contributed by atoms with Gasteiger partial charge in [0.25, 0.3) is 5.69 Å². The molecule has 0 saturated heterocycles. The number of sulfonamides is 1. The van der Waals surface area contributed by atoms with Crippen LogP contribution in [0.4, 0.5) is 5.69 Å². The molecule has 1 aromatic rings. The highest BCUT2D eigenvalue weighted by molar-refractivity contribution is 7.89. The largest absolute Gasteiger partial charge is 0.329 e. The van der Waals surface area contributed by atoms with Crippen LogP contribution in [0.3, 0.4) is 0 Å². The first kappa shape index (κ1) is 19.8. The van der Waals surface area contributed by atoms with Gasteiger partial charge in [-0.3, -0.25) is 10.1 Å². The zero-order chi connectivity index (χ0) is 15.4. The predicted molar refractivity (Wildman–Crippen MR) is 83.0 cm³/mol. The van der Waals surface area contributed by atoms with E-state index in [4.69, 9.17) is 5.73 Å². The van der Waals surface area contributed by atoms with Crippen molar-refractivity contribution in [1.82, 2.24) is 4.72 Å². The maximum absolute atomic E-state index is 12.3. The molecule has 0 heterocycles. The van der Waals surface area contributed by atoms with Gasteiger partial charge in [-0.1, -0.05) is 19.9 Å². The number of nitro benzene ring substituents is 1. The van der Waals surface area contributed by atoms with E-state index in [-0.39, 0.29) is 29.5 Å². The van der Waals surface area contributed by atoms with Crippen LogP contribution in [0.5, 0.6) is 0 Å². The quantitative estimate of drug-likeness (QED) is 0.581. The standard InChI is InChI=1S/C12H19N3O4S.ClH/c1-3-12(4-2,9-13)14-20(18,19)11-7-5-6-10(8-11)15(16)17;/h5-8,14H,3-4,9,13H2,1-2H3;1H. The van der Waals surface area contributed by atoms with Gasteiger partial charge in [0, 0.05) is 24.2 Å². The van der Waals surface area contributed by atoms with E-state index in [0.717, 1.165) is 6.07 Å². The first-order valence-electron chi connectivity index (χ1n) is 6.28. The highest BCUT2D eigenvalue weighted by Gasteiger charge is 2.31. The fourth-order valence-corrected chi connectivity index (χ4v) is 3.43. The molecule has 0 saturated carbocycles. The number of hydrogen-bond acceptors (Lipinski definition) is 5. The van der Waals surface area contributed by atoms with Crippen LogP contribution in [0, 0.1) is 10.1 Å². The van der Waals surface area contributed by atoms with Crippen molar-refractivity contribution in [3.63, 3.8) is 0 Å². The summed E-state index contributed by atoms with van der Waals surface area (Å²) in [7, 11) is -3.84. The molecule has 1 rings (SSSR count). The molecule has 0 atom stereocenters. The minimum absolute atomic E-state index is 0. The Morgan fingerprint density at radius 1 is 1.33 bits per heavy atom. The Morgan fingerprint density at radius 3 is 2.33 bits per heavy atom. The van der Waals surface area contributed by atoms with E-state index >= 15 is 0 Å². The van der Waals surface area contributed by atoms with Crippen molar-refractivity contribution in [3.8, 4) is 0 Å². The molecule has 3 N–H and O–H groups in total. The second kappa shape index (κ2) is 7.69. The third-order valence-electron chi connectivity index (χ3n) is 3.43. The van der Waals surface area contributed by atoms with Gasteiger partial charge in [0.2, 0.25) is 10.0 Å². The van der Waals surface area contributed by atoms with Crippen LogP contribution in [0.25, 0.3) is 0 Å². The number of benzene rings is 1. The van der Waals surface area contributed by atoms with Crippen LogP contribution in [0.1, 0.15) is 26.7 Å². The Labute approximate surface area is 130 Å². The number of halogens is 1. The van der Waals surface area contributed by atoms with Crippen molar-refractivity contribution in [2.75, 3.05) is 6.54 Å². The molecule has 1 aromatic carbocycles. The van der Waals surface area contributed by atoms with Crippen molar-refractivity contribution in [2.24, 2.45) is 5.73 Å². The van der Waals surface area contributed by atoms with E-state index in [0.29, 0.717) is 12.8 Å². The smallest absolute Gasteiger partial charge is 0.270 e. The summed E-state index contributed by atoms with van der Waals surface area (Å²) in [5, 5.41) is 10.7. The second-order valence-electron chi connectivity index (χ2n) is 4.55. The van der Waals surface area contributed by atoms with Gasteiger partial charge in [0.05, 0.1) is 9.82 Å². The Kier molecular flexibility index (Phi) is 7.25. The van der Waals surface area contributed by atoms with E-state index in [1.54, 1.807) is 0 Å². The molecule has 0 aliphatic heterocycles. The van der Waals surface area contributed by atoms with Crippen molar-refractivity contribution in [1.29, 1.82) is 0 Å². The number of non-ortho nitro benzene ring substituents is 1. The Hall–Kier alpha value is -1.22. The molecule has 9 heteroatoms. The fourth-order valence-electron chi connectivity index (χ4n) is 1.83. The monoisotopic (exact) mass is 337 g/mol. The third kappa shape index (κ3) is 4.63. The lowest BCUT2D eigenvalue weighted by Gasteiger charge is -2.30. The molecule has 0 fully saturated rings. The van der Waals surface area contributed by atoms with Gasteiger partial charge in [-0.25, -0.2) is 13.1 Å². The molecule has 0 radical (unpaired) electrons. The molecule has 0 bridgehead atoms. The van der Waals surface area contributed by atoms with Gasteiger partial charge < -0.3 is 5.73 Å². The van der Waals surface area contributed by atoms with Gasteiger partial charge in [0.1, 0.15) is 0 Å². The number of nitro groups is 1. The molecule has 120 valence electrons. The highest BCUT2D eigenvalue weighted by Crippen LogP contribution is 2.21. The minimum atomic E-state index is -3.84. The molecule has 0 aromatic heterocycles. The van der Waals surface area contributed by atoms with Crippen LogP contribution in [0.2, 0.25) is 0 Å². The van der Waals surface area contributed by atoms with Crippen molar-refractivity contribution in [2.45, 2.75) is 37.1 Å². The zero-order valence-corrected chi connectivity index (χ0v) is 13.5. The van der Waals surface area contributed by atoms with Gasteiger partial charge in [-0.15, -0.1) is 12.4 Å². The Balaban J connectivity index is 0.00000400. The molecule has 7 nitrogen and oxygen atoms in total. The van der Waals surface area contributed by atoms with Crippen LogP contribution in [0.15, 0.2) is 29.2 Å². The average Bonchev–Trinajstić information content (AvgIpc) is 2.45. The summed E-state index contributed by atoms with van der Waals surface area (Å²) in [6.45, 7) is 3.84. The number of nitrogens with one attached hydrogen (secondary N) is 1. The number of nitrogens with two attached hydrogens (primary N) is 1. The predicted octanol–water partition coefficient (Wildman–Crippen LogP) is 1.81. The summed E-state index contributed by atoms with van der Waals surface area (Å²) in [5.41, 5.74) is 4.66. The van der Waals surface area contributed by atoms with Gasteiger partial charge >= 0.3 is 0 Å². The van der Waals surface area contributed by atoms with E-state index in [1.165, 1.54) is 18.2 Å². The number of hydrogen-bond donors (Lipinski definition) is 2. The number of nitrogens with zero attached hydrogens (tertiary/aromatic N) is 1. The Bertz CT molecular complexity index is 580. The summed E-state index contributed by atoms with van der Waals surface area (Å²) in [6, 6.07) is 4.94. The van der Waals surface area contributed by atoms with E-state index < -0.39 is 20.5 Å². The zero-order valence-electron chi connectivity index (χ0n) is 11.9. The lowest BCUT2D eigenvalue weighted by molar-refractivity contribution is -0.385. The van der Waals surface area contributed by atoms with E-state index in [1.807, 2.05) is 13.8 Å². The van der Waals surface area contributed by atoms with E-state index in [9.17, 15) is 18.5 Å². The number of rotatable bonds is 7. The summed E-state index contributed by atoms with van der Waals surface area (Å²) in [4.78, 5) is 9.94.